The van der Waals surface area contributed by atoms with E-state index >= 15 is 0 Å². The van der Waals surface area contributed by atoms with Crippen molar-refractivity contribution in [3.8, 4) is 0 Å². The first-order chi connectivity index (χ1) is 19.8. The standard InChI is InChI=1S/C32H38N4O4S/c1-3-25-22-36-16-17-41(39,40)35(2)29-20-26(19-27(25)31(29)36)32(38)34-28(18-24-12-8-5-9-13-24)30(37)21-33-15-14-23-10-6-4-7-11-23/h4-13,19-20,22,28,30,33,37H,3,14-18,21H2,1-2H3,(H,34,38)/t28-,30+/m0/s1. The molecule has 1 amide bonds. The highest BCUT2D eigenvalue weighted by Crippen LogP contribution is 2.35. The van der Waals surface area contributed by atoms with Gasteiger partial charge in [0.2, 0.25) is 10.0 Å². The molecule has 4 aromatic rings. The fourth-order valence-corrected chi connectivity index (χ4v) is 6.63. The van der Waals surface area contributed by atoms with Gasteiger partial charge in [-0.15, -0.1) is 0 Å². The van der Waals surface area contributed by atoms with E-state index < -0.39 is 22.2 Å². The second-order valence-corrected chi connectivity index (χ2v) is 12.8. The van der Waals surface area contributed by atoms with E-state index in [1.54, 1.807) is 13.1 Å². The van der Waals surface area contributed by atoms with E-state index in [4.69, 9.17) is 0 Å². The number of hydrogen-bond donors (Lipinski definition) is 3. The van der Waals surface area contributed by atoms with Crippen molar-refractivity contribution in [3.63, 3.8) is 0 Å². The lowest BCUT2D eigenvalue weighted by atomic mass is 9.99. The van der Waals surface area contributed by atoms with Gasteiger partial charge in [-0.05, 0) is 54.6 Å². The van der Waals surface area contributed by atoms with E-state index in [9.17, 15) is 18.3 Å². The zero-order valence-corrected chi connectivity index (χ0v) is 24.4. The predicted molar refractivity (Wildman–Crippen MR) is 164 cm³/mol. The van der Waals surface area contributed by atoms with Crippen LogP contribution in [0.3, 0.4) is 0 Å². The van der Waals surface area contributed by atoms with Crippen LogP contribution in [0.5, 0.6) is 0 Å². The highest BCUT2D eigenvalue weighted by Gasteiger charge is 2.29. The molecule has 0 aliphatic carbocycles. The third-order valence-electron chi connectivity index (χ3n) is 7.89. The summed E-state index contributed by atoms with van der Waals surface area (Å²) in [4.78, 5) is 13.7. The van der Waals surface area contributed by atoms with Gasteiger partial charge in [-0.25, -0.2) is 8.42 Å². The van der Waals surface area contributed by atoms with Crippen LogP contribution in [0.2, 0.25) is 0 Å². The van der Waals surface area contributed by atoms with E-state index in [0.717, 1.165) is 34.9 Å². The first-order valence-corrected chi connectivity index (χ1v) is 15.8. The lowest BCUT2D eigenvalue weighted by Crippen LogP contribution is -2.49. The molecule has 0 bridgehead atoms. The largest absolute Gasteiger partial charge is 0.390 e. The van der Waals surface area contributed by atoms with Gasteiger partial charge in [-0.3, -0.25) is 9.10 Å². The molecule has 8 nitrogen and oxygen atoms in total. The van der Waals surface area contributed by atoms with Crippen molar-refractivity contribution >= 4 is 32.5 Å². The summed E-state index contributed by atoms with van der Waals surface area (Å²) in [7, 11) is -1.98. The third kappa shape index (κ3) is 6.48. The van der Waals surface area contributed by atoms with Gasteiger partial charge in [0.05, 0.1) is 29.1 Å². The van der Waals surface area contributed by atoms with Crippen molar-refractivity contribution < 1.29 is 18.3 Å². The van der Waals surface area contributed by atoms with Crippen LogP contribution < -0.4 is 14.9 Å². The van der Waals surface area contributed by atoms with Gasteiger partial charge < -0.3 is 20.3 Å². The van der Waals surface area contributed by atoms with E-state index in [1.807, 2.05) is 65.4 Å². The second-order valence-electron chi connectivity index (χ2n) is 10.7. The Morgan fingerprint density at radius 2 is 1.71 bits per heavy atom. The molecule has 0 saturated heterocycles. The molecule has 2 atom stereocenters. The normalized spacial score (nSPS) is 15.8. The van der Waals surface area contributed by atoms with Crippen molar-refractivity contribution in [3.05, 3.63) is 101 Å². The number of carbonyl (C=O) groups is 1. The molecule has 0 saturated carbocycles. The van der Waals surface area contributed by atoms with Crippen LogP contribution in [0.1, 0.15) is 34.0 Å². The number of hydrogen-bond acceptors (Lipinski definition) is 5. The number of rotatable bonds is 11. The summed E-state index contributed by atoms with van der Waals surface area (Å²) in [5.74, 6) is -0.354. The molecule has 0 fully saturated rings. The van der Waals surface area contributed by atoms with Gasteiger partial charge in [-0.1, -0.05) is 67.6 Å². The minimum atomic E-state index is -3.52. The Labute approximate surface area is 242 Å². The molecule has 5 rings (SSSR count). The second kappa shape index (κ2) is 12.5. The fraction of sp³-hybridized carbons (Fsp3) is 0.344. The Balaban J connectivity index is 1.38. The Kier molecular flexibility index (Phi) is 8.77. The van der Waals surface area contributed by atoms with E-state index in [-0.39, 0.29) is 11.7 Å². The SMILES string of the molecule is CCc1cn2c3c(cc(C(=O)N[C@@H](Cc4ccccc4)[C@H](O)CNCCc4ccccc4)cc13)N(C)S(=O)(=O)CC2. The van der Waals surface area contributed by atoms with Crippen molar-refractivity contribution in [2.24, 2.45) is 0 Å². The van der Waals surface area contributed by atoms with Crippen molar-refractivity contribution in [1.29, 1.82) is 0 Å². The van der Waals surface area contributed by atoms with Crippen molar-refractivity contribution in [1.82, 2.24) is 15.2 Å². The average molecular weight is 575 g/mol. The molecule has 9 heteroatoms. The summed E-state index contributed by atoms with van der Waals surface area (Å²) in [5.41, 5.74) is 4.96. The van der Waals surface area contributed by atoms with Gasteiger partial charge in [0.1, 0.15) is 0 Å². The van der Waals surface area contributed by atoms with E-state index in [0.29, 0.717) is 37.3 Å². The van der Waals surface area contributed by atoms with Gasteiger partial charge in [0.25, 0.3) is 5.91 Å². The Bertz CT molecular complexity index is 1600. The number of nitrogens with one attached hydrogen (secondary N) is 2. The molecule has 0 spiro atoms. The van der Waals surface area contributed by atoms with Crippen LogP contribution in [0.4, 0.5) is 5.69 Å². The molecule has 216 valence electrons. The molecular weight excluding hydrogens is 536 g/mol. The summed E-state index contributed by atoms with van der Waals surface area (Å²) in [5, 5.41) is 18.5. The maximum absolute atomic E-state index is 13.7. The Morgan fingerprint density at radius 3 is 2.39 bits per heavy atom. The molecule has 2 heterocycles. The van der Waals surface area contributed by atoms with Gasteiger partial charge in [-0.2, -0.15) is 0 Å². The van der Waals surface area contributed by atoms with Gasteiger partial charge >= 0.3 is 0 Å². The van der Waals surface area contributed by atoms with E-state index in [1.165, 1.54) is 9.87 Å². The van der Waals surface area contributed by atoms with Crippen LogP contribution in [0.25, 0.3) is 10.9 Å². The Hall–Kier alpha value is -3.66. The fourth-order valence-electron chi connectivity index (χ4n) is 5.49. The maximum Gasteiger partial charge on any atom is 0.251 e. The minimum absolute atomic E-state index is 0.00470. The van der Waals surface area contributed by atoms with Crippen LogP contribution in [0, 0.1) is 0 Å². The zero-order chi connectivity index (χ0) is 29.0. The molecule has 1 aliphatic rings. The molecular formula is C32H38N4O4S. The third-order valence-corrected chi connectivity index (χ3v) is 9.62. The summed E-state index contributed by atoms with van der Waals surface area (Å²) in [6, 6.07) is 22.9. The van der Waals surface area contributed by atoms with Crippen LogP contribution in [0.15, 0.2) is 79.0 Å². The lowest BCUT2D eigenvalue weighted by molar-refractivity contribution is 0.0831. The highest BCUT2D eigenvalue weighted by molar-refractivity contribution is 7.92. The van der Waals surface area contributed by atoms with Crippen LogP contribution in [-0.2, 0) is 35.8 Å². The van der Waals surface area contributed by atoms with Gasteiger partial charge in [0.15, 0.2) is 0 Å². The number of aromatic nitrogens is 1. The maximum atomic E-state index is 13.7. The minimum Gasteiger partial charge on any atom is -0.390 e. The van der Waals surface area contributed by atoms with Crippen LogP contribution in [-0.4, -0.2) is 62.0 Å². The Morgan fingerprint density at radius 1 is 1.02 bits per heavy atom. The van der Waals surface area contributed by atoms with Crippen LogP contribution >= 0.6 is 0 Å². The topological polar surface area (TPSA) is 104 Å². The number of aryl methyl sites for hydroxylation is 2. The summed E-state index contributed by atoms with van der Waals surface area (Å²) < 4.78 is 29.1. The summed E-state index contributed by atoms with van der Waals surface area (Å²) >= 11 is 0. The predicted octanol–water partition coefficient (Wildman–Crippen LogP) is 3.52. The number of aliphatic hydroxyl groups excluding tert-OH is 1. The average Bonchev–Trinajstić information content (AvgIpc) is 3.31. The molecule has 3 N–H and O–H groups in total. The van der Waals surface area contributed by atoms with Crippen molar-refractivity contribution in [2.45, 2.75) is 44.9 Å². The molecule has 0 radical (unpaired) electrons. The molecule has 0 unspecified atom stereocenters. The van der Waals surface area contributed by atoms with Crippen molar-refractivity contribution in [2.75, 3.05) is 30.2 Å². The molecule has 1 aromatic heterocycles. The summed E-state index contributed by atoms with van der Waals surface area (Å²) in [6.45, 7) is 3.43. The number of amides is 1. The lowest BCUT2D eigenvalue weighted by Gasteiger charge is -2.25. The smallest absolute Gasteiger partial charge is 0.251 e. The number of aliphatic hydroxyl groups is 1. The number of nitrogens with zero attached hydrogens (tertiary/aromatic N) is 2. The molecule has 41 heavy (non-hydrogen) atoms. The highest BCUT2D eigenvalue weighted by atomic mass is 32.2. The quantitative estimate of drug-likeness (QED) is 0.238. The summed E-state index contributed by atoms with van der Waals surface area (Å²) in [6.07, 6.45) is 3.20. The van der Waals surface area contributed by atoms with Gasteiger partial charge in [0, 0.05) is 37.3 Å². The molecule has 3 aromatic carbocycles. The van der Waals surface area contributed by atoms with E-state index in [2.05, 4.69) is 29.7 Å². The molecule has 1 aliphatic heterocycles. The zero-order valence-electron chi connectivity index (χ0n) is 23.6. The number of anilines is 1. The monoisotopic (exact) mass is 574 g/mol. The number of sulfonamides is 1. The number of carbonyl (C=O) groups excluding carboxylic acids is 1. The number of benzene rings is 3. The first-order valence-electron chi connectivity index (χ1n) is 14.2. The first kappa shape index (κ1) is 28.9.